The lowest BCUT2D eigenvalue weighted by atomic mass is 9.66. The van der Waals surface area contributed by atoms with Gasteiger partial charge in [0, 0.05) is 17.0 Å². The first kappa shape index (κ1) is 18.5. The number of nitrogens with two attached hydrogens (primary N) is 1. The minimum Gasteiger partial charge on any atom is -0.454 e. The maximum Gasteiger partial charge on any atom is 0.340 e. The molecule has 3 rings (SSSR count). The maximum absolute atomic E-state index is 12.9. The molecule has 140 valence electrons. The number of hydrogen-bond donors (Lipinski definition) is 1. The van der Waals surface area contributed by atoms with Crippen molar-refractivity contribution < 1.29 is 9.53 Å². The van der Waals surface area contributed by atoms with Crippen molar-refractivity contribution in [2.75, 3.05) is 0 Å². The van der Waals surface area contributed by atoms with E-state index < -0.39 is 0 Å². The number of rotatable bonds is 1. The quantitative estimate of drug-likeness (QED) is 0.683. The van der Waals surface area contributed by atoms with Crippen molar-refractivity contribution in [2.45, 2.75) is 80.3 Å². The highest BCUT2D eigenvalue weighted by Crippen LogP contribution is 2.56. The Morgan fingerprint density at radius 2 is 1.64 bits per heavy atom. The number of ether oxygens (including phenoxy) is 1. The second-order valence-corrected chi connectivity index (χ2v) is 10.5. The van der Waals surface area contributed by atoms with Gasteiger partial charge in [-0.1, -0.05) is 67.7 Å². The molecule has 1 heterocycles. The summed E-state index contributed by atoms with van der Waals surface area (Å²) in [6, 6.07) is 0. The summed E-state index contributed by atoms with van der Waals surface area (Å²) in [4.78, 5) is 12.9. The SMILES string of the molecule is CC1CCCCC1C1C(N)=C2C(=O)OC(C(C)(C)C)C1=C2C(C)(C)C. The Bertz CT molecular complexity index is 642. The third kappa shape index (κ3) is 2.94. The van der Waals surface area contributed by atoms with E-state index in [1.54, 1.807) is 0 Å². The van der Waals surface area contributed by atoms with Gasteiger partial charge in [0.1, 0.15) is 6.10 Å². The molecular weight excluding hydrogens is 310 g/mol. The fourth-order valence-corrected chi connectivity index (χ4v) is 5.26. The van der Waals surface area contributed by atoms with Crippen molar-refractivity contribution in [2.24, 2.45) is 34.3 Å². The molecule has 25 heavy (non-hydrogen) atoms. The highest BCUT2D eigenvalue weighted by molar-refractivity contribution is 5.98. The molecule has 0 aromatic carbocycles. The van der Waals surface area contributed by atoms with Crippen LogP contribution in [0.1, 0.15) is 74.1 Å². The van der Waals surface area contributed by atoms with Crippen molar-refractivity contribution in [1.29, 1.82) is 0 Å². The third-order valence-electron chi connectivity index (χ3n) is 6.35. The van der Waals surface area contributed by atoms with E-state index in [2.05, 4.69) is 48.5 Å². The number of cyclic esters (lactones) is 1. The van der Waals surface area contributed by atoms with E-state index in [0.29, 0.717) is 17.4 Å². The zero-order valence-electron chi connectivity index (χ0n) is 17.0. The molecule has 1 fully saturated rings. The van der Waals surface area contributed by atoms with Gasteiger partial charge in [0.05, 0.1) is 5.57 Å². The van der Waals surface area contributed by atoms with Crippen LogP contribution < -0.4 is 5.73 Å². The van der Waals surface area contributed by atoms with Gasteiger partial charge >= 0.3 is 5.97 Å². The number of hydrogen-bond acceptors (Lipinski definition) is 3. The summed E-state index contributed by atoms with van der Waals surface area (Å²) in [7, 11) is 0. The van der Waals surface area contributed by atoms with Crippen molar-refractivity contribution >= 4 is 5.97 Å². The molecule has 1 saturated carbocycles. The summed E-state index contributed by atoms with van der Waals surface area (Å²) < 4.78 is 5.96. The topological polar surface area (TPSA) is 52.3 Å². The average Bonchev–Trinajstić information content (AvgIpc) is 2.72. The standard InChI is InChI=1S/C22H35NO2/c1-12-10-8-9-11-13(12)14-15-17(21(2,3)4)16(18(14)23)20(24)25-19(15)22(5,6)7/h12-14,19H,8-11,23H2,1-7H3. The van der Waals surface area contributed by atoms with E-state index >= 15 is 0 Å². The Morgan fingerprint density at radius 3 is 2.16 bits per heavy atom. The van der Waals surface area contributed by atoms with Crippen LogP contribution in [-0.4, -0.2) is 12.1 Å². The fraction of sp³-hybridized carbons (Fsp3) is 0.773. The first-order chi connectivity index (χ1) is 11.4. The number of esters is 1. The molecule has 2 aliphatic carbocycles. The molecule has 2 N–H and O–H groups in total. The van der Waals surface area contributed by atoms with Gasteiger partial charge in [-0.3, -0.25) is 0 Å². The van der Waals surface area contributed by atoms with E-state index in [4.69, 9.17) is 10.5 Å². The summed E-state index contributed by atoms with van der Waals surface area (Å²) in [5.74, 6) is 1.13. The maximum atomic E-state index is 12.9. The molecule has 3 aliphatic rings. The molecule has 0 aromatic heterocycles. The van der Waals surface area contributed by atoms with Crippen LogP contribution in [-0.2, 0) is 9.53 Å². The largest absolute Gasteiger partial charge is 0.454 e. The highest BCUT2D eigenvalue weighted by Gasteiger charge is 2.53. The molecule has 3 nitrogen and oxygen atoms in total. The molecule has 4 atom stereocenters. The molecule has 4 unspecified atom stereocenters. The number of carbonyl (C=O) groups is 1. The van der Waals surface area contributed by atoms with Crippen LogP contribution in [0.2, 0.25) is 0 Å². The Balaban J connectivity index is 2.21. The zero-order chi connectivity index (χ0) is 18.7. The molecule has 0 spiro atoms. The zero-order valence-corrected chi connectivity index (χ0v) is 17.0. The van der Waals surface area contributed by atoms with Gasteiger partial charge in [-0.05, 0) is 34.8 Å². The molecule has 0 aromatic rings. The monoisotopic (exact) mass is 345 g/mol. The van der Waals surface area contributed by atoms with E-state index in [0.717, 1.165) is 5.70 Å². The Morgan fingerprint density at radius 1 is 1.04 bits per heavy atom. The summed E-state index contributed by atoms with van der Waals surface area (Å²) in [5.41, 5.74) is 10.4. The summed E-state index contributed by atoms with van der Waals surface area (Å²) in [5, 5.41) is 0. The van der Waals surface area contributed by atoms with Crippen molar-refractivity contribution in [3.63, 3.8) is 0 Å². The van der Waals surface area contributed by atoms with E-state index in [9.17, 15) is 4.79 Å². The fourth-order valence-electron chi connectivity index (χ4n) is 5.26. The van der Waals surface area contributed by atoms with Crippen LogP contribution in [0.25, 0.3) is 0 Å². The van der Waals surface area contributed by atoms with Gasteiger partial charge in [0.25, 0.3) is 0 Å². The Labute approximate surface area is 153 Å². The third-order valence-corrected chi connectivity index (χ3v) is 6.35. The van der Waals surface area contributed by atoms with Gasteiger partial charge in [0.15, 0.2) is 0 Å². The lowest BCUT2D eigenvalue weighted by Gasteiger charge is -2.42. The average molecular weight is 346 g/mol. The Hall–Kier alpha value is -1.25. The van der Waals surface area contributed by atoms with Crippen LogP contribution >= 0.6 is 0 Å². The lowest BCUT2D eigenvalue weighted by Crippen LogP contribution is -2.41. The molecule has 2 bridgehead atoms. The predicted octanol–water partition coefficient (Wildman–Crippen LogP) is 4.97. The molecule has 1 aliphatic heterocycles. The summed E-state index contributed by atoms with van der Waals surface area (Å²) in [6.45, 7) is 15.4. The molecule has 3 heteroatoms. The minimum absolute atomic E-state index is 0.106. The van der Waals surface area contributed by atoms with Crippen molar-refractivity contribution in [3.8, 4) is 0 Å². The number of carbonyl (C=O) groups excluding carboxylic acids is 1. The van der Waals surface area contributed by atoms with Gasteiger partial charge in [-0.25, -0.2) is 4.79 Å². The lowest BCUT2D eigenvalue weighted by molar-refractivity contribution is -0.148. The number of fused-ring (bicyclic) bond motifs is 1. The Kier molecular flexibility index (Phi) is 4.37. The molecule has 0 amide bonds. The van der Waals surface area contributed by atoms with Gasteiger partial charge in [-0.2, -0.15) is 0 Å². The van der Waals surface area contributed by atoms with Crippen LogP contribution in [0, 0.1) is 28.6 Å². The first-order valence-corrected chi connectivity index (χ1v) is 9.90. The smallest absolute Gasteiger partial charge is 0.340 e. The van der Waals surface area contributed by atoms with Gasteiger partial charge in [-0.15, -0.1) is 0 Å². The van der Waals surface area contributed by atoms with E-state index in [1.807, 2.05) is 0 Å². The molecular formula is C22H35NO2. The van der Waals surface area contributed by atoms with Crippen molar-refractivity contribution in [3.05, 3.63) is 22.4 Å². The normalized spacial score (nSPS) is 33.8. The van der Waals surface area contributed by atoms with Crippen LogP contribution in [0.3, 0.4) is 0 Å². The molecule has 0 radical (unpaired) electrons. The summed E-state index contributed by atoms with van der Waals surface area (Å²) in [6.07, 6.45) is 4.85. The minimum atomic E-state index is -0.211. The van der Waals surface area contributed by atoms with Gasteiger partial charge in [0.2, 0.25) is 0 Å². The van der Waals surface area contributed by atoms with Crippen LogP contribution in [0.5, 0.6) is 0 Å². The van der Waals surface area contributed by atoms with Crippen LogP contribution in [0.4, 0.5) is 0 Å². The van der Waals surface area contributed by atoms with E-state index in [1.165, 1.54) is 36.8 Å². The van der Waals surface area contributed by atoms with E-state index in [-0.39, 0.29) is 28.8 Å². The second kappa shape index (κ2) is 5.89. The molecule has 0 saturated heterocycles. The first-order valence-electron chi connectivity index (χ1n) is 9.90. The highest BCUT2D eigenvalue weighted by atomic mass is 16.5. The van der Waals surface area contributed by atoms with Crippen LogP contribution in [0.15, 0.2) is 22.4 Å². The second-order valence-electron chi connectivity index (χ2n) is 10.5. The van der Waals surface area contributed by atoms with Crippen molar-refractivity contribution in [1.82, 2.24) is 0 Å². The predicted molar refractivity (Wildman–Crippen MR) is 102 cm³/mol. The number of allylic oxidation sites excluding steroid dienone is 1. The van der Waals surface area contributed by atoms with Gasteiger partial charge < -0.3 is 10.5 Å². The summed E-state index contributed by atoms with van der Waals surface area (Å²) >= 11 is 0.